The fourth-order valence-corrected chi connectivity index (χ4v) is 3.27. The number of nitrogens with one attached hydrogen (secondary N) is 2. The molecule has 1 atom stereocenters. The Labute approximate surface area is 176 Å². The average Bonchev–Trinajstić information content (AvgIpc) is 2.97. The molecule has 2 fully saturated rings. The molecule has 9 heteroatoms. The topological polar surface area (TPSA) is 86.3 Å². The molecule has 0 aliphatic carbocycles. The van der Waals surface area contributed by atoms with Gasteiger partial charge in [-0.25, -0.2) is 4.79 Å². The molecule has 2 N–H and O–H groups in total. The van der Waals surface area contributed by atoms with Crippen LogP contribution < -0.4 is 10.6 Å². The first-order valence-electron chi connectivity index (χ1n) is 8.81. The fourth-order valence-electron chi connectivity index (χ4n) is 3.27. The molecular formula is C18H26IN5O3. The molecule has 3 amide bonds. The standard InChI is InChI=1S/C18H25N5O3.HI/c1-13-5-3-4-6-14(13)15-12-22(9-10-26-15)17(19-2)20-7-8-23-16(24)11-21-18(23)25;/h3-6,15H,7-12H2,1-2H3,(H,19,20)(H,21,25);1H. The first-order valence-corrected chi connectivity index (χ1v) is 8.81. The van der Waals surface area contributed by atoms with Gasteiger partial charge >= 0.3 is 6.03 Å². The predicted molar refractivity (Wildman–Crippen MR) is 113 cm³/mol. The number of benzene rings is 1. The molecule has 27 heavy (non-hydrogen) atoms. The van der Waals surface area contributed by atoms with Gasteiger partial charge in [-0.1, -0.05) is 24.3 Å². The van der Waals surface area contributed by atoms with E-state index in [1.54, 1.807) is 7.05 Å². The maximum atomic E-state index is 11.6. The van der Waals surface area contributed by atoms with Gasteiger partial charge < -0.3 is 20.3 Å². The molecule has 2 saturated heterocycles. The fraction of sp³-hybridized carbons (Fsp3) is 0.500. The monoisotopic (exact) mass is 487 g/mol. The van der Waals surface area contributed by atoms with E-state index < -0.39 is 0 Å². The Morgan fingerprint density at radius 3 is 2.81 bits per heavy atom. The van der Waals surface area contributed by atoms with Gasteiger partial charge in [-0.2, -0.15) is 0 Å². The van der Waals surface area contributed by atoms with Crippen LogP contribution in [0.4, 0.5) is 4.79 Å². The number of aryl methyl sites for hydroxylation is 1. The maximum Gasteiger partial charge on any atom is 0.324 e. The van der Waals surface area contributed by atoms with Crippen LogP contribution in [0.2, 0.25) is 0 Å². The minimum absolute atomic E-state index is 0. The maximum absolute atomic E-state index is 11.6. The molecule has 148 valence electrons. The average molecular weight is 487 g/mol. The highest BCUT2D eigenvalue weighted by Gasteiger charge is 2.28. The number of aliphatic imine (C=N–C) groups is 1. The molecule has 1 aromatic rings. The third-order valence-electron chi connectivity index (χ3n) is 4.67. The number of hydrogen-bond acceptors (Lipinski definition) is 4. The molecule has 8 nitrogen and oxygen atoms in total. The molecule has 1 unspecified atom stereocenters. The Morgan fingerprint density at radius 2 is 2.15 bits per heavy atom. The number of guanidine groups is 1. The van der Waals surface area contributed by atoms with E-state index in [1.807, 2.05) is 12.1 Å². The third kappa shape index (κ3) is 5.10. The van der Waals surface area contributed by atoms with E-state index in [-0.39, 0.29) is 48.6 Å². The summed E-state index contributed by atoms with van der Waals surface area (Å²) in [6.45, 7) is 5.00. The predicted octanol–water partition coefficient (Wildman–Crippen LogP) is 1.11. The Balaban J connectivity index is 0.00000261. The van der Waals surface area contributed by atoms with E-state index >= 15 is 0 Å². The molecule has 2 heterocycles. The molecule has 0 bridgehead atoms. The summed E-state index contributed by atoms with van der Waals surface area (Å²) >= 11 is 0. The lowest BCUT2D eigenvalue weighted by molar-refractivity contribution is -0.124. The number of morpholine rings is 1. The lowest BCUT2D eigenvalue weighted by atomic mass is 10.0. The second-order valence-electron chi connectivity index (χ2n) is 6.34. The molecule has 1 aromatic carbocycles. The minimum atomic E-state index is -0.335. The number of nitrogens with zero attached hydrogens (tertiary/aromatic N) is 3. The summed E-state index contributed by atoms with van der Waals surface area (Å²) < 4.78 is 5.95. The van der Waals surface area contributed by atoms with E-state index in [9.17, 15) is 9.59 Å². The molecule has 2 aliphatic heterocycles. The highest BCUT2D eigenvalue weighted by atomic mass is 127. The Hall–Kier alpha value is -1.88. The molecule has 2 aliphatic rings. The summed E-state index contributed by atoms with van der Waals surface area (Å²) in [6, 6.07) is 7.89. The van der Waals surface area contributed by atoms with Gasteiger partial charge in [0.25, 0.3) is 0 Å². The highest BCUT2D eigenvalue weighted by Crippen LogP contribution is 2.24. The summed E-state index contributed by atoms with van der Waals surface area (Å²) in [5.41, 5.74) is 2.40. The van der Waals surface area contributed by atoms with Gasteiger partial charge in [0.1, 0.15) is 6.10 Å². The summed E-state index contributed by atoms with van der Waals surface area (Å²) in [6.07, 6.45) is -0.00515. The Bertz CT molecular complexity index is 696. The summed E-state index contributed by atoms with van der Waals surface area (Å²) in [5, 5.41) is 5.76. The lowest BCUT2D eigenvalue weighted by Gasteiger charge is -2.35. The molecular weight excluding hydrogens is 461 g/mol. The van der Waals surface area contributed by atoms with Crippen molar-refractivity contribution in [1.82, 2.24) is 20.4 Å². The van der Waals surface area contributed by atoms with Crippen LogP contribution in [-0.2, 0) is 9.53 Å². The van der Waals surface area contributed by atoms with Crippen molar-refractivity contribution in [2.75, 3.05) is 46.4 Å². The van der Waals surface area contributed by atoms with Crippen molar-refractivity contribution in [2.24, 2.45) is 4.99 Å². The third-order valence-corrected chi connectivity index (χ3v) is 4.67. The van der Waals surface area contributed by atoms with E-state index in [0.29, 0.717) is 26.2 Å². The SMILES string of the molecule is CN=C(NCCN1C(=O)CNC1=O)N1CCOC(c2ccccc2C)C1.I. The van der Waals surface area contributed by atoms with Crippen molar-refractivity contribution in [3.8, 4) is 0 Å². The minimum Gasteiger partial charge on any atom is -0.370 e. The Morgan fingerprint density at radius 1 is 1.37 bits per heavy atom. The van der Waals surface area contributed by atoms with Gasteiger partial charge in [0.15, 0.2) is 5.96 Å². The van der Waals surface area contributed by atoms with Gasteiger partial charge in [0.05, 0.1) is 19.7 Å². The summed E-state index contributed by atoms with van der Waals surface area (Å²) in [4.78, 5) is 30.9. The molecule has 0 aromatic heterocycles. The number of urea groups is 1. The van der Waals surface area contributed by atoms with E-state index in [0.717, 1.165) is 12.5 Å². The van der Waals surface area contributed by atoms with Crippen LogP contribution in [0.5, 0.6) is 0 Å². The van der Waals surface area contributed by atoms with Crippen molar-refractivity contribution < 1.29 is 14.3 Å². The first-order chi connectivity index (χ1) is 12.6. The van der Waals surface area contributed by atoms with Crippen LogP contribution in [0.1, 0.15) is 17.2 Å². The number of amides is 3. The number of carbonyl (C=O) groups excluding carboxylic acids is 2. The van der Waals surface area contributed by atoms with Gasteiger partial charge in [-0.05, 0) is 18.1 Å². The van der Waals surface area contributed by atoms with Crippen molar-refractivity contribution in [3.63, 3.8) is 0 Å². The zero-order chi connectivity index (χ0) is 18.5. The zero-order valence-electron chi connectivity index (χ0n) is 15.6. The summed E-state index contributed by atoms with van der Waals surface area (Å²) in [7, 11) is 1.73. The van der Waals surface area contributed by atoms with Crippen LogP contribution in [0, 0.1) is 6.92 Å². The number of rotatable bonds is 4. The molecule has 0 radical (unpaired) electrons. The number of halogens is 1. The van der Waals surface area contributed by atoms with Gasteiger partial charge in [0.2, 0.25) is 5.91 Å². The molecule has 0 saturated carbocycles. The zero-order valence-corrected chi connectivity index (χ0v) is 17.9. The number of ether oxygens (including phenoxy) is 1. The molecule has 3 rings (SSSR count). The van der Waals surface area contributed by atoms with Crippen molar-refractivity contribution >= 4 is 41.9 Å². The lowest BCUT2D eigenvalue weighted by Crippen LogP contribution is -2.50. The van der Waals surface area contributed by atoms with E-state index in [1.165, 1.54) is 16.0 Å². The largest absolute Gasteiger partial charge is 0.370 e. The first kappa shape index (κ1) is 21.4. The van der Waals surface area contributed by atoms with Crippen molar-refractivity contribution in [3.05, 3.63) is 35.4 Å². The second-order valence-corrected chi connectivity index (χ2v) is 6.34. The van der Waals surface area contributed by atoms with Crippen LogP contribution >= 0.6 is 24.0 Å². The second kappa shape index (κ2) is 9.88. The van der Waals surface area contributed by atoms with Crippen molar-refractivity contribution in [2.45, 2.75) is 13.0 Å². The van der Waals surface area contributed by atoms with Crippen LogP contribution in [0.25, 0.3) is 0 Å². The smallest absolute Gasteiger partial charge is 0.324 e. The van der Waals surface area contributed by atoms with Crippen LogP contribution in [0.15, 0.2) is 29.3 Å². The van der Waals surface area contributed by atoms with Crippen LogP contribution in [-0.4, -0.2) is 74.1 Å². The Kier molecular flexibility index (Phi) is 7.84. The summed E-state index contributed by atoms with van der Waals surface area (Å²) in [5.74, 6) is 0.553. The number of carbonyl (C=O) groups is 2. The highest BCUT2D eigenvalue weighted by molar-refractivity contribution is 14.0. The van der Waals surface area contributed by atoms with E-state index in [4.69, 9.17) is 4.74 Å². The molecule has 0 spiro atoms. The number of imide groups is 1. The van der Waals surface area contributed by atoms with Crippen molar-refractivity contribution in [1.29, 1.82) is 0 Å². The van der Waals surface area contributed by atoms with Gasteiger partial charge in [-0.3, -0.25) is 14.7 Å². The van der Waals surface area contributed by atoms with Crippen LogP contribution in [0.3, 0.4) is 0 Å². The quantitative estimate of drug-likeness (QED) is 0.288. The number of hydrogen-bond donors (Lipinski definition) is 2. The van der Waals surface area contributed by atoms with Gasteiger partial charge in [0, 0.05) is 26.7 Å². The van der Waals surface area contributed by atoms with E-state index in [2.05, 4.69) is 39.6 Å². The van der Waals surface area contributed by atoms with Gasteiger partial charge in [-0.15, -0.1) is 24.0 Å². The normalized spacial score (nSPS) is 20.4.